The number of epoxide rings is 1. The van der Waals surface area contributed by atoms with E-state index >= 15 is 0 Å². The van der Waals surface area contributed by atoms with Gasteiger partial charge in [0.1, 0.15) is 0 Å². The Bertz CT molecular complexity index is 820. The first kappa shape index (κ1) is 15.9. The summed E-state index contributed by atoms with van der Waals surface area (Å²) in [6.07, 6.45) is 0. The molecule has 7 heteroatoms. The number of fused-ring (bicyclic) bond motifs is 3. The van der Waals surface area contributed by atoms with Gasteiger partial charge in [0.05, 0.1) is 18.8 Å². The lowest BCUT2D eigenvalue weighted by Crippen LogP contribution is -2.58. The van der Waals surface area contributed by atoms with Gasteiger partial charge in [-0.15, -0.1) is 0 Å². The molecule has 3 heterocycles. The van der Waals surface area contributed by atoms with Crippen LogP contribution in [0.1, 0.15) is 15.9 Å². The Balaban J connectivity index is 1.39. The van der Waals surface area contributed by atoms with Gasteiger partial charge in [0.25, 0.3) is 5.79 Å². The predicted octanol–water partition coefficient (Wildman–Crippen LogP) is 2.13. The molecule has 2 bridgehead atoms. The highest BCUT2D eigenvalue weighted by atomic mass is 17.3. The van der Waals surface area contributed by atoms with Crippen LogP contribution in [0.5, 0.6) is 0 Å². The molecule has 3 saturated heterocycles. The summed E-state index contributed by atoms with van der Waals surface area (Å²) in [5.74, 6) is -3.37. The summed E-state index contributed by atoms with van der Waals surface area (Å²) in [5.41, 5.74) is 0.236. The molecule has 26 heavy (non-hydrogen) atoms. The van der Waals surface area contributed by atoms with Crippen LogP contribution in [-0.4, -0.2) is 37.2 Å². The fraction of sp³-hybridized carbons (Fsp3) is 0.316. The number of hydrogen-bond acceptors (Lipinski definition) is 7. The number of ether oxygens (including phenoxy) is 4. The average molecular weight is 356 g/mol. The highest BCUT2D eigenvalue weighted by Crippen LogP contribution is 2.56. The molecular weight excluding hydrogens is 340 g/mol. The maximum atomic E-state index is 12.3. The fourth-order valence-corrected chi connectivity index (χ4v) is 3.14. The summed E-state index contributed by atoms with van der Waals surface area (Å²) in [6.45, 7) is 0.383. The van der Waals surface area contributed by atoms with Gasteiger partial charge in [-0.1, -0.05) is 48.5 Å². The van der Waals surface area contributed by atoms with Gasteiger partial charge in [0, 0.05) is 5.56 Å². The third-order valence-electron chi connectivity index (χ3n) is 4.80. The van der Waals surface area contributed by atoms with Crippen LogP contribution in [0.2, 0.25) is 0 Å². The van der Waals surface area contributed by atoms with Crippen molar-refractivity contribution in [1.29, 1.82) is 0 Å². The Hall–Kier alpha value is -2.29. The van der Waals surface area contributed by atoms with Crippen LogP contribution in [0.4, 0.5) is 0 Å². The largest absolute Gasteiger partial charge is 0.456 e. The number of rotatable bonds is 4. The van der Waals surface area contributed by atoms with Crippen LogP contribution in [0, 0.1) is 0 Å². The van der Waals surface area contributed by atoms with Crippen molar-refractivity contribution in [2.75, 3.05) is 19.8 Å². The predicted molar refractivity (Wildman–Crippen MR) is 85.5 cm³/mol. The van der Waals surface area contributed by atoms with Gasteiger partial charge in [-0.3, -0.25) is 4.74 Å². The maximum Gasteiger partial charge on any atom is 0.343 e. The molecule has 3 aliphatic rings. The van der Waals surface area contributed by atoms with Crippen molar-refractivity contribution < 1.29 is 33.5 Å². The molecule has 0 radical (unpaired) electrons. The second kappa shape index (κ2) is 5.60. The smallest absolute Gasteiger partial charge is 0.343 e. The van der Waals surface area contributed by atoms with Crippen LogP contribution in [0.15, 0.2) is 60.7 Å². The van der Waals surface area contributed by atoms with E-state index in [1.54, 1.807) is 36.4 Å². The van der Waals surface area contributed by atoms with E-state index in [0.717, 1.165) is 0 Å². The van der Waals surface area contributed by atoms with Gasteiger partial charge in [0.2, 0.25) is 0 Å². The van der Waals surface area contributed by atoms with Crippen molar-refractivity contribution in [2.24, 2.45) is 0 Å². The van der Waals surface area contributed by atoms with Gasteiger partial charge in [0.15, 0.2) is 12.2 Å². The molecule has 2 aromatic carbocycles. The standard InChI is InChI=1S/C19H16O7/c20-16(14-7-3-1-4-8-14)21-13-18-17(11-22-17)12-23-19(24-18,26-25-18)15-9-5-2-6-10-15/h1-10H,11-13H2. The Labute approximate surface area is 149 Å². The highest BCUT2D eigenvalue weighted by Gasteiger charge is 2.77. The lowest BCUT2D eigenvalue weighted by atomic mass is 9.99. The minimum atomic E-state index is -1.50. The molecule has 3 fully saturated rings. The van der Waals surface area contributed by atoms with E-state index in [-0.39, 0.29) is 13.2 Å². The molecule has 0 amide bonds. The summed E-state index contributed by atoms with van der Waals surface area (Å²) < 4.78 is 22.8. The summed E-state index contributed by atoms with van der Waals surface area (Å²) >= 11 is 0. The molecule has 7 nitrogen and oxygen atoms in total. The van der Waals surface area contributed by atoms with E-state index in [0.29, 0.717) is 17.7 Å². The molecule has 0 aromatic heterocycles. The molecular formula is C19H16O7. The number of esters is 1. The van der Waals surface area contributed by atoms with Gasteiger partial charge in [-0.2, -0.15) is 9.78 Å². The first-order chi connectivity index (χ1) is 12.7. The summed E-state index contributed by atoms with van der Waals surface area (Å²) in [6, 6.07) is 17.9. The van der Waals surface area contributed by atoms with E-state index in [1.807, 2.05) is 24.3 Å². The maximum absolute atomic E-state index is 12.3. The van der Waals surface area contributed by atoms with E-state index < -0.39 is 23.3 Å². The number of carbonyl (C=O) groups excluding carboxylic acids is 1. The molecule has 3 atom stereocenters. The Morgan fingerprint density at radius 1 is 0.923 bits per heavy atom. The average Bonchev–Trinajstić information content (AvgIpc) is 3.43. The zero-order valence-electron chi connectivity index (χ0n) is 13.8. The molecule has 5 rings (SSSR count). The van der Waals surface area contributed by atoms with Crippen LogP contribution in [0.25, 0.3) is 0 Å². The van der Waals surface area contributed by atoms with E-state index in [9.17, 15) is 4.79 Å². The highest BCUT2D eigenvalue weighted by molar-refractivity contribution is 5.89. The zero-order chi connectivity index (χ0) is 17.7. The van der Waals surface area contributed by atoms with Gasteiger partial charge < -0.3 is 14.2 Å². The summed E-state index contributed by atoms with van der Waals surface area (Å²) in [4.78, 5) is 23.3. The monoisotopic (exact) mass is 356 g/mol. The van der Waals surface area contributed by atoms with E-state index in [2.05, 4.69) is 0 Å². The Morgan fingerprint density at radius 2 is 1.58 bits per heavy atom. The van der Waals surface area contributed by atoms with E-state index in [4.69, 9.17) is 28.7 Å². The molecule has 2 aromatic rings. The van der Waals surface area contributed by atoms with Gasteiger partial charge in [-0.05, 0) is 12.1 Å². The lowest BCUT2D eigenvalue weighted by Gasteiger charge is -2.37. The van der Waals surface area contributed by atoms with Crippen LogP contribution >= 0.6 is 0 Å². The minimum Gasteiger partial charge on any atom is -0.456 e. The molecule has 3 unspecified atom stereocenters. The fourth-order valence-electron chi connectivity index (χ4n) is 3.14. The topological polar surface area (TPSA) is 75.8 Å². The molecule has 0 aliphatic carbocycles. The third-order valence-corrected chi connectivity index (χ3v) is 4.80. The molecule has 134 valence electrons. The molecule has 3 aliphatic heterocycles. The van der Waals surface area contributed by atoms with Gasteiger partial charge in [-0.25, -0.2) is 4.79 Å². The quantitative estimate of drug-likeness (QED) is 0.472. The van der Waals surface area contributed by atoms with Crippen LogP contribution in [0.3, 0.4) is 0 Å². The van der Waals surface area contributed by atoms with Crippen molar-refractivity contribution in [1.82, 2.24) is 0 Å². The second-order valence-corrected chi connectivity index (χ2v) is 6.46. The zero-order valence-corrected chi connectivity index (χ0v) is 13.8. The number of carbonyl (C=O) groups is 1. The third kappa shape index (κ3) is 2.29. The van der Waals surface area contributed by atoms with Crippen molar-refractivity contribution in [2.45, 2.75) is 17.4 Å². The Morgan fingerprint density at radius 3 is 2.27 bits per heavy atom. The van der Waals surface area contributed by atoms with Gasteiger partial charge >= 0.3 is 11.9 Å². The summed E-state index contributed by atoms with van der Waals surface area (Å²) in [5, 5.41) is 0. The second-order valence-electron chi connectivity index (χ2n) is 6.46. The lowest BCUT2D eigenvalue weighted by molar-refractivity contribution is -0.422. The van der Waals surface area contributed by atoms with Crippen molar-refractivity contribution in [3.63, 3.8) is 0 Å². The van der Waals surface area contributed by atoms with Crippen LogP contribution < -0.4 is 0 Å². The number of benzene rings is 2. The van der Waals surface area contributed by atoms with Crippen molar-refractivity contribution >= 4 is 5.97 Å². The molecule has 1 spiro atoms. The molecule has 0 saturated carbocycles. The first-order valence-electron chi connectivity index (χ1n) is 8.30. The van der Waals surface area contributed by atoms with Crippen molar-refractivity contribution in [3.8, 4) is 0 Å². The Kier molecular flexibility index (Phi) is 3.43. The first-order valence-corrected chi connectivity index (χ1v) is 8.30. The summed E-state index contributed by atoms with van der Waals surface area (Å²) in [7, 11) is 0. The van der Waals surface area contributed by atoms with E-state index in [1.165, 1.54) is 0 Å². The molecule has 0 N–H and O–H groups in total. The van der Waals surface area contributed by atoms with Crippen molar-refractivity contribution in [3.05, 3.63) is 71.8 Å². The number of hydrogen-bond donors (Lipinski definition) is 0. The minimum absolute atomic E-state index is 0.182. The SMILES string of the molecule is O=C(OCC12OOC(c3ccccc3)(OCC13CO3)O2)c1ccccc1. The normalized spacial score (nSPS) is 34.6. The van der Waals surface area contributed by atoms with Crippen LogP contribution in [-0.2, 0) is 34.7 Å².